The fourth-order valence-corrected chi connectivity index (χ4v) is 3.98. The number of amides is 1. The Kier molecular flexibility index (Phi) is 6.09. The second kappa shape index (κ2) is 7.85. The average Bonchev–Trinajstić information content (AvgIpc) is 2.54. The molecular formula is C15H21FN2O4S. The van der Waals surface area contributed by atoms with E-state index in [-0.39, 0.29) is 18.8 Å². The van der Waals surface area contributed by atoms with Crippen LogP contribution in [0.25, 0.3) is 0 Å². The summed E-state index contributed by atoms with van der Waals surface area (Å²) < 4.78 is 45.0. The van der Waals surface area contributed by atoms with Crippen molar-refractivity contribution in [2.75, 3.05) is 19.8 Å². The average molecular weight is 344 g/mol. The first-order chi connectivity index (χ1) is 10.9. The summed E-state index contributed by atoms with van der Waals surface area (Å²) in [4.78, 5) is 11.6. The molecule has 1 amide bonds. The summed E-state index contributed by atoms with van der Waals surface area (Å²) in [6.07, 6.45) is 1.13. The van der Waals surface area contributed by atoms with E-state index in [4.69, 9.17) is 10.5 Å². The van der Waals surface area contributed by atoms with Crippen molar-refractivity contribution in [2.24, 2.45) is 11.7 Å². The molecule has 2 rings (SSSR count). The van der Waals surface area contributed by atoms with Crippen molar-refractivity contribution in [3.8, 4) is 0 Å². The molecule has 6 nitrogen and oxygen atoms in total. The molecular weight excluding hydrogens is 323 g/mol. The largest absolute Gasteiger partial charge is 0.381 e. The van der Waals surface area contributed by atoms with E-state index >= 15 is 0 Å². The molecule has 1 atom stereocenters. The number of sulfonamides is 1. The highest BCUT2D eigenvalue weighted by Crippen LogP contribution is 2.16. The van der Waals surface area contributed by atoms with Crippen LogP contribution >= 0.6 is 0 Å². The Balaban J connectivity index is 1.96. The molecule has 0 spiro atoms. The van der Waals surface area contributed by atoms with Gasteiger partial charge in [0.2, 0.25) is 15.9 Å². The van der Waals surface area contributed by atoms with Gasteiger partial charge in [-0.05, 0) is 37.0 Å². The van der Waals surface area contributed by atoms with Crippen molar-refractivity contribution in [1.82, 2.24) is 4.72 Å². The molecule has 1 saturated heterocycles. The quantitative estimate of drug-likeness (QED) is 0.755. The second-order valence-electron chi connectivity index (χ2n) is 5.64. The van der Waals surface area contributed by atoms with Gasteiger partial charge in [0.25, 0.3) is 0 Å². The van der Waals surface area contributed by atoms with Gasteiger partial charge in [0.15, 0.2) is 0 Å². The third-order valence-electron chi connectivity index (χ3n) is 3.94. The Hall–Kier alpha value is -1.51. The summed E-state index contributed by atoms with van der Waals surface area (Å²) in [7, 11) is -3.51. The lowest BCUT2D eigenvalue weighted by Crippen LogP contribution is -2.42. The number of halogens is 1. The van der Waals surface area contributed by atoms with E-state index in [2.05, 4.69) is 4.72 Å². The lowest BCUT2D eigenvalue weighted by molar-refractivity contribution is -0.121. The van der Waals surface area contributed by atoms with Crippen LogP contribution in [0.2, 0.25) is 0 Å². The van der Waals surface area contributed by atoms with Crippen LogP contribution in [-0.2, 0) is 26.0 Å². The molecule has 128 valence electrons. The van der Waals surface area contributed by atoms with Crippen molar-refractivity contribution in [2.45, 2.75) is 24.5 Å². The second-order valence-corrected chi connectivity index (χ2v) is 7.68. The fourth-order valence-electron chi connectivity index (χ4n) is 2.50. The summed E-state index contributed by atoms with van der Waals surface area (Å²) in [5.74, 6) is -1.65. The monoisotopic (exact) mass is 344 g/mol. The van der Waals surface area contributed by atoms with Gasteiger partial charge in [0, 0.05) is 19.8 Å². The van der Waals surface area contributed by atoms with Crippen LogP contribution in [0.5, 0.6) is 0 Å². The predicted octanol–water partition coefficient (Wildman–Crippen LogP) is 0.568. The van der Waals surface area contributed by atoms with E-state index in [1.165, 1.54) is 12.1 Å². The molecule has 1 aromatic carbocycles. The lowest BCUT2D eigenvalue weighted by atomic mass is 9.99. The Bertz CT molecular complexity index is 627. The minimum absolute atomic E-state index is 0.0631. The van der Waals surface area contributed by atoms with E-state index in [9.17, 15) is 17.6 Å². The lowest BCUT2D eigenvalue weighted by Gasteiger charge is -2.23. The van der Waals surface area contributed by atoms with Crippen molar-refractivity contribution < 1.29 is 22.3 Å². The molecule has 0 bridgehead atoms. The first-order valence-electron chi connectivity index (χ1n) is 7.48. The van der Waals surface area contributed by atoms with Gasteiger partial charge in [-0.25, -0.2) is 17.5 Å². The van der Waals surface area contributed by atoms with E-state index in [1.807, 2.05) is 0 Å². The third kappa shape index (κ3) is 5.26. The fraction of sp³-hybridized carbons (Fsp3) is 0.533. The molecule has 0 aliphatic carbocycles. The standard InChI is InChI=1S/C15H21FN2O4S/c16-13-3-1-11(2-4-13)9-12(15(17)19)10-18-23(20,21)14-5-7-22-8-6-14/h1-4,12,14,18H,5-10H2,(H2,17,19)/t12-/m0/s1. The minimum atomic E-state index is -3.51. The van der Waals surface area contributed by atoms with E-state index in [0.717, 1.165) is 5.56 Å². The van der Waals surface area contributed by atoms with Crippen LogP contribution in [0, 0.1) is 11.7 Å². The number of carbonyl (C=O) groups excluding carboxylic acids is 1. The Labute approximate surface area is 135 Å². The highest BCUT2D eigenvalue weighted by atomic mass is 32.2. The van der Waals surface area contributed by atoms with Gasteiger partial charge in [0.05, 0.1) is 11.2 Å². The molecule has 0 saturated carbocycles. The smallest absolute Gasteiger partial charge is 0.222 e. The van der Waals surface area contributed by atoms with Crippen LogP contribution in [0.3, 0.4) is 0 Å². The molecule has 0 aromatic heterocycles. The number of ether oxygens (including phenoxy) is 1. The normalized spacial score (nSPS) is 17.8. The SMILES string of the molecule is NC(=O)[C@H](CNS(=O)(=O)C1CCOCC1)Cc1ccc(F)cc1. The molecule has 0 radical (unpaired) electrons. The molecule has 1 aromatic rings. The zero-order chi connectivity index (χ0) is 16.9. The molecule has 23 heavy (non-hydrogen) atoms. The number of carbonyl (C=O) groups is 1. The number of hydrogen-bond acceptors (Lipinski definition) is 4. The van der Waals surface area contributed by atoms with Crippen molar-refractivity contribution >= 4 is 15.9 Å². The zero-order valence-corrected chi connectivity index (χ0v) is 13.5. The molecule has 1 heterocycles. The summed E-state index contributed by atoms with van der Waals surface area (Å²) in [6.45, 7) is 0.771. The number of benzene rings is 1. The molecule has 8 heteroatoms. The number of primary amides is 1. The summed E-state index contributed by atoms with van der Waals surface area (Å²) >= 11 is 0. The van der Waals surface area contributed by atoms with Crippen LogP contribution in [0.4, 0.5) is 4.39 Å². The van der Waals surface area contributed by atoms with Gasteiger partial charge in [-0.1, -0.05) is 12.1 Å². The van der Waals surface area contributed by atoms with Crippen molar-refractivity contribution in [1.29, 1.82) is 0 Å². The van der Waals surface area contributed by atoms with Crippen LogP contribution in [0.15, 0.2) is 24.3 Å². The highest BCUT2D eigenvalue weighted by molar-refractivity contribution is 7.90. The Morgan fingerprint density at radius 1 is 1.30 bits per heavy atom. The van der Waals surface area contributed by atoms with E-state index in [0.29, 0.717) is 26.1 Å². The van der Waals surface area contributed by atoms with Gasteiger partial charge in [-0.3, -0.25) is 4.79 Å². The number of rotatable bonds is 7. The number of hydrogen-bond donors (Lipinski definition) is 2. The zero-order valence-electron chi connectivity index (χ0n) is 12.7. The molecule has 1 aliphatic rings. The van der Waals surface area contributed by atoms with Crippen LogP contribution < -0.4 is 10.5 Å². The van der Waals surface area contributed by atoms with Gasteiger partial charge in [0.1, 0.15) is 5.82 Å². The van der Waals surface area contributed by atoms with Crippen molar-refractivity contribution in [3.63, 3.8) is 0 Å². The highest BCUT2D eigenvalue weighted by Gasteiger charge is 2.29. The molecule has 3 N–H and O–H groups in total. The molecule has 1 aliphatic heterocycles. The summed E-state index contributed by atoms with van der Waals surface area (Å²) in [6, 6.07) is 5.69. The van der Waals surface area contributed by atoms with Crippen LogP contribution in [-0.4, -0.2) is 39.3 Å². The topological polar surface area (TPSA) is 98.5 Å². The van der Waals surface area contributed by atoms with E-state index in [1.54, 1.807) is 12.1 Å². The maximum atomic E-state index is 12.9. The first-order valence-corrected chi connectivity index (χ1v) is 9.03. The van der Waals surface area contributed by atoms with E-state index < -0.39 is 27.1 Å². The predicted molar refractivity (Wildman–Crippen MR) is 83.6 cm³/mol. The van der Waals surface area contributed by atoms with Crippen molar-refractivity contribution in [3.05, 3.63) is 35.6 Å². The van der Waals surface area contributed by atoms with Gasteiger partial charge >= 0.3 is 0 Å². The van der Waals surface area contributed by atoms with Crippen LogP contribution in [0.1, 0.15) is 18.4 Å². The summed E-state index contributed by atoms with van der Waals surface area (Å²) in [5.41, 5.74) is 6.08. The maximum absolute atomic E-state index is 12.9. The van der Waals surface area contributed by atoms with Gasteiger partial charge in [-0.2, -0.15) is 0 Å². The minimum Gasteiger partial charge on any atom is -0.381 e. The molecule has 0 unspecified atom stereocenters. The third-order valence-corrected chi connectivity index (χ3v) is 5.85. The van der Waals surface area contributed by atoms with Gasteiger partial charge in [-0.15, -0.1) is 0 Å². The summed E-state index contributed by atoms with van der Waals surface area (Å²) in [5, 5.41) is -0.504. The Morgan fingerprint density at radius 3 is 2.48 bits per heavy atom. The number of nitrogens with one attached hydrogen (secondary N) is 1. The number of nitrogens with two attached hydrogens (primary N) is 1. The molecule has 1 fully saturated rings. The van der Waals surface area contributed by atoms with Gasteiger partial charge < -0.3 is 10.5 Å². The first kappa shape index (κ1) is 17.8. The maximum Gasteiger partial charge on any atom is 0.222 e. The Morgan fingerprint density at radius 2 is 1.91 bits per heavy atom.